The van der Waals surface area contributed by atoms with Gasteiger partial charge in [-0.25, -0.2) is 4.98 Å². The summed E-state index contributed by atoms with van der Waals surface area (Å²) in [6.45, 7) is 0. The van der Waals surface area contributed by atoms with E-state index in [0.29, 0.717) is 0 Å². The van der Waals surface area contributed by atoms with E-state index in [1.165, 1.54) is 0 Å². The lowest BCUT2D eigenvalue weighted by atomic mass is 10.2. The van der Waals surface area contributed by atoms with E-state index < -0.39 is 0 Å². The van der Waals surface area contributed by atoms with Gasteiger partial charge < -0.3 is 10.3 Å². The topological polar surface area (TPSA) is 40.7 Å². The van der Waals surface area contributed by atoms with Crippen molar-refractivity contribution in [1.29, 1.82) is 0 Å². The molecule has 2 heterocycles. The van der Waals surface area contributed by atoms with Crippen molar-refractivity contribution >= 4 is 22.4 Å². The minimum atomic E-state index is 0.904. The predicted molar refractivity (Wildman–Crippen MR) is 65.8 cm³/mol. The van der Waals surface area contributed by atoms with Gasteiger partial charge in [0.25, 0.3) is 0 Å². The minimum Gasteiger partial charge on any atom is -0.355 e. The first-order chi connectivity index (χ1) is 7.93. The van der Waals surface area contributed by atoms with Crippen molar-refractivity contribution in [3.8, 4) is 0 Å². The Morgan fingerprint density at radius 1 is 1.00 bits per heavy atom. The lowest BCUT2D eigenvalue weighted by Crippen LogP contribution is -1.90. The Hall–Kier alpha value is -2.29. The molecule has 1 aromatic carbocycles. The number of fused-ring (bicyclic) bond motifs is 1. The summed E-state index contributed by atoms with van der Waals surface area (Å²) in [7, 11) is 0. The Bertz CT molecular complexity index is 599. The maximum atomic E-state index is 4.25. The molecule has 3 heteroatoms. The minimum absolute atomic E-state index is 0.904. The molecule has 3 aromatic rings. The second kappa shape index (κ2) is 3.70. The first-order valence-corrected chi connectivity index (χ1v) is 5.18. The summed E-state index contributed by atoms with van der Waals surface area (Å²) in [6.07, 6.45) is 3.69. The van der Waals surface area contributed by atoms with Crippen LogP contribution in [0, 0.1) is 0 Å². The van der Waals surface area contributed by atoms with Crippen molar-refractivity contribution in [1.82, 2.24) is 9.97 Å². The van der Waals surface area contributed by atoms with Gasteiger partial charge in [-0.15, -0.1) is 0 Å². The van der Waals surface area contributed by atoms with E-state index in [1.807, 2.05) is 48.7 Å². The normalized spacial score (nSPS) is 10.5. The Kier molecular flexibility index (Phi) is 2.07. The highest BCUT2D eigenvalue weighted by molar-refractivity contribution is 5.91. The zero-order valence-electron chi connectivity index (χ0n) is 8.64. The third-order valence-electron chi connectivity index (χ3n) is 2.51. The highest BCUT2D eigenvalue weighted by Gasteiger charge is 2.01. The summed E-state index contributed by atoms with van der Waals surface area (Å²) in [6, 6.07) is 14.1. The fourth-order valence-corrected chi connectivity index (χ4v) is 1.75. The van der Waals surface area contributed by atoms with Crippen LogP contribution in [0.15, 0.2) is 54.9 Å². The number of benzene rings is 1. The van der Waals surface area contributed by atoms with Crippen LogP contribution in [-0.4, -0.2) is 9.97 Å². The van der Waals surface area contributed by atoms with E-state index >= 15 is 0 Å². The molecule has 78 valence electrons. The van der Waals surface area contributed by atoms with E-state index in [4.69, 9.17) is 0 Å². The number of nitrogens with one attached hydrogen (secondary N) is 2. The van der Waals surface area contributed by atoms with Crippen molar-refractivity contribution in [2.45, 2.75) is 0 Å². The monoisotopic (exact) mass is 209 g/mol. The molecule has 0 radical (unpaired) electrons. The average molecular weight is 209 g/mol. The van der Waals surface area contributed by atoms with Crippen LogP contribution in [0.4, 0.5) is 11.4 Å². The Morgan fingerprint density at radius 3 is 2.75 bits per heavy atom. The van der Waals surface area contributed by atoms with Crippen LogP contribution in [0.25, 0.3) is 11.0 Å². The molecule has 0 amide bonds. The SMILES string of the molecule is c1ccc(Nc2ccnc3[nH]ccc23)cc1. The van der Waals surface area contributed by atoms with Crippen molar-refractivity contribution in [3.63, 3.8) is 0 Å². The molecule has 0 saturated heterocycles. The largest absolute Gasteiger partial charge is 0.355 e. The van der Waals surface area contributed by atoms with Crippen LogP contribution in [0.3, 0.4) is 0 Å². The molecule has 0 spiro atoms. The van der Waals surface area contributed by atoms with Crippen molar-refractivity contribution in [2.75, 3.05) is 5.32 Å². The molecule has 0 fully saturated rings. The number of hydrogen-bond acceptors (Lipinski definition) is 2. The second-order valence-electron chi connectivity index (χ2n) is 3.59. The Balaban J connectivity index is 2.04. The Labute approximate surface area is 93.1 Å². The number of H-pyrrole nitrogens is 1. The highest BCUT2D eigenvalue weighted by Crippen LogP contribution is 2.23. The number of anilines is 2. The van der Waals surface area contributed by atoms with E-state index in [2.05, 4.69) is 15.3 Å². The van der Waals surface area contributed by atoms with Gasteiger partial charge in [0, 0.05) is 23.5 Å². The molecule has 0 bridgehead atoms. The summed E-state index contributed by atoms with van der Waals surface area (Å²) < 4.78 is 0. The van der Waals surface area contributed by atoms with Crippen LogP contribution in [0.2, 0.25) is 0 Å². The molecule has 0 atom stereocenters. The number of nitrogens with zero attached hydrogens (tertiary/aromatic N) is 1. The third kappa shape index (κ3) is 1.52. The van der Waals surface area contributed by atoms with Crippen LogP contribution in [0.1, 0.15) is 0 Å². The molecule has 0 unspecified atom stereocenters. The van der Waals surface area contributed by atoms with Gasteiger partial charge in [-0.2, -0.15) is 0 Å². The van der Waals surface area contributed by atoms with E-state index in [-0.39, 0.29) is 0 Å². The molecule has 16 heavy (non-hydrogen) atoms. The van der Waals surface area contributed by atoms with Crippen LogP contribution in [0.5, 0.6) is 0 Å². The summed E-state index contributed by atoms with van der Waals surface area (Å²) in [5.41, 5.74) is 3.05. The summed E-state index contributed by atoms with van der Waals surface area (Å²) in [5, 5.41) is 4.48. The first-order valence-electron chi connectivity index (χ1n) is 5.18. The molecule has 3 rings (SSSR count). The van der Waals surface area contributed by atoms with Crippen molar-refractivity contribution in [3.05, 3.63) is 54.9 Å². The quantitative estimate of drug-likeness (QED) is 0.679. The smallest absolute Gasteiger partial charge is 0.139 e. The molecule has 3 nitrogen and oxygen atoms in total. The van der Waals surface area contributed by atoms with Gasteiger partial charge in [0.2, 0.25) is 0 Å². The molecule has 0 aliphatic heterocycles. The van der Waals surface area contributed by atoms with Gasteiger partial charge in [0.15, 0.2) is 0 Å². The van der Waals surface area contributed by atoms with E-state index in [0.717, 1.165) is 22.4 Å². The van der Waals surface area contributed by atoms with E-state index in [1.54, 1.807) is 6.20 Å². The zero-order valence-corrected chi connectivity index (χ0v) is 8.64. The lowest BCUT2D eigenvalue weighted by molar-refractivity contribution is 1.32. The fourth-order valence-electron chi connectivity index (χ4n) is 1.75. The standard InChI is InChI=1S/C13H11N3/c1-2-4-10(5-3-1)16-12-7-9-15-13-11(12)6-8-14-13/h1-9H,(H2,14,15,16). The van der Waals surface area contributed by atoms with Crippen LogP contribution in [-0.2, 0) is 0 Å². The van der Waals surface area contributed by atoms with Gasteiger partial charge in [0.05, 0.1) is 5.69 Å². The maximum Gasteiger partial charge on any atom is 0.139 e. The van der Waals surface area contributed by atoms with Crippen molar-refractivity contribution in [2.24, 2.45) is 0 Å². The zero-order chi connectivity index (χ0) is 10.8. The summed E-state index contributed by atoms with van der Waals surface area (Å²) in [5.74, 6) is 0. The average Bonchev–Trinajstić information content (AvgIpc) is 2.80. The fraction of sp³-hybridized carbons (Fsp3) is 0. The lowest BCUT2D eigenvalue weighted by Gasteiger charge is -2.06. The first kappa shape index (κ1) is 8.97. The van der Waals surface area contributed by atoms with Gasteiger partial charge in [0.1, 0.15) is 5.65 Å². The number of aromatic nitrogens is 2. The van der Waals surface area contributed by atoms with Gasteiger partial charge in [-0.05, 0) is 24.3 Å². The molecule has 2 N–H and O–H groups in total. The summed E-state index contributed by atoms with van der Waals surface area (Å²) >= 11 is 0. The van der Waals surface area contributed by atoms with Gasteiger partial charge >= 0.3 is 0 Å². The number of hydrogen-bond donors (Lipinski definition) is 2. The van der Waals surface area contributed by atoms with Crippen LogP contribution < -0.4 is 5.32 Å². The predicted octanol–water partition coefficient (Wildman–Crippen LogP) is 3.31. The number of aromatic amines is 1. The third-order valence-corrected chi connectivity index (χ3v) is 2.51. The molecule has 2 aromatic heterocycles. The number of para-hydroxylation sites is 1. The van der Waals surface area contributed by atoms with Crippen molar-refractivity contribution < 1.29 is 0 Å². The number of pyridine rings is 1. The van der Waals surface area contributed by atoms with Crippen LogP contribution >= 0.6 is 0 Å². The van der Waals surface area contributed by atoms with Gasteiger partial charge in [-0.3, -0.25) is 0 Å². The second-order valence-corrected chi connectivity index (χ2v) is 3.59. The molecule has 0 aliphatic carbocycles. The Morgan fingerprint density at radius 2 is 1.88 bits per heavy atom. The highest BCUT2D eigenvalue weighted by atomic mass is 14.9. The molecule has 0 aliphatic rings. The van der Waals surface area contributed by atoms with Gasteiger partial charge in [-0.1, -0.05) is 18.2 Å². The maximum absolute atomic E-state index is 4.25. The molecular weight excluding hydrogens is 198 g/mol. The molecular formula is C13H11N3. The molecule has 0 saturated carbocycles. The summed E-state index contributed by atoms with van der Waals surface area (Å²) in [4.78, 5) is 7.34. The van der Waals surface area contributed by atoms with E-state index in [9.17, 15) is 0 Å². The number of rotatable bonds is 2.